The normalized spacial score (nSPS) is 37.3. The van der Waals surface area contributed by atoms with Crippen molar-refractivity contribution in [1.29, 1.82) is 0 Å². The molecule has 1 saturated heterocycles. The molecule has 2 aliphatic rings. The second-order valence-corrected chi connectivity index (χ2v) is 4.93. The first kappa shape index (κ1) is 10.9. The van der Waals surface area contributed by atoms with E-state index in [0.717, 1.165) is 31.5 Å². The van der Waals surface area contributed by atoms with Crippen molar-refractivity contribution >= 4 is 5.91 Å². The molecule has 2 rings (SSSR count). The predicted molar refractivity (Wildman–Crippen MR) is 57.3 cm³/mol. The van der Waals surface area contributed by atoms with Crippen molar-refractivity contribution in [2.45, 2.75) is 25.8 Å². The summed E-state index contributed by atoms with van der Waals surface area (Å²) in [6.45, 7) is 5.34. The largest absolute Gasteiger partial charge is 0.378 e. The second-order valence-electron chi connectivity index (χ2n) is 4.93. The van der Waals surface area contributed by atoms with E-state index < -0.39 is 0 Å². The molecule has 1 amide bonds. The fourth-order valence-corrected chi connectivity index (χ4v) is 2.67. The first-order valence-electron chi connectivity index (χ1n) is 5.78. The van der Waals surface area contributed by atoms with Crippen LogP contribution in [0.2, 0.25) is 0 Å². The van der Waals surface area contributed by atoms with E-state index in [1.54, 1.807) is 0 Å². The van der Waals surface area contributed by atoms with Gasteiger partial charge >= 0.3 is 0 Å². The molecule has 1 saturated carbocycles. The molecule has 0 radical (unpaired) electrons. The van der Waals surface area contributed by atoms with Gasteiger partial charge in [-0.3, -0.25) is 9.69 Å². The number of primary amides is 1. The summed E-state index contributed by atoms with van der Waals surface area (Å²) < 4.78 is 5.29. The van der Waals surface area contributed by atoms with Crippen molar-refractivity contribution in [2.24, 2.45) is 17.6 Å². The summed E-state index contributed by atoms with van der Waals surface area (Å²) in [5, 5.41) is 0. The monoisotopic (exact) mass is 212 g/mol. The lowest BCUT2D eigenvalue weighted by atomic mass is 9.76. The number of hydrogen-bond donors (Lipinski definition) is 1. The average Bonchev–Trinajstić information content (AvgIpc) is 2.16. The van der Waals surface area contributed by atoms with Crippen LogP contribution in [0.3, 0.4) is 0 Å². The average molecular weight is 212 g/mol. The highest BCUT2D eigenvalue weighted by atomic mass is 16.5. The minimum atomic E-state index is -0.248. The Morgan fingerprint density at radius 2 is 2.27 bits per heavy atom. The topological polar surface area (TPSA) is 55.6 Å². The zero-order valence-corrected chi connectivity index (χ0v) is 9.32. The highest BCUT2D eigenvalue weighted by Gasteiger charge is 2.33. The summed E-state index contributed by atoms with van der Waals surface area (Å²) in [4.78, 5) is 13.4. The third-order valence-electron chi connectivity index (χ3n) is 3.53. The maximum Gasteiger partial charge on any atom is 0.237 e. The van der Waals surface area contributed by atoms with Crippen molar-refractivity contribution < 1.29 is 9.53 Å². The Bertz CT molecular complexity index is 239. The van der Waals surface area contributed by atoms with E-state index in [-0.39, 0.29) is 11.9 Å². The van der Waals surface area contributed by atoms with Gasteiger partial charge in [-0.1, -0.05) is 6.92 Å². The van der Waals surface area contributed by atoms with Gasteiger partial charge in [0, 0.05) is 13.1 Å². The molecule has 1 aliphatic carbocycles. The van der Waals surface area contributed by atoms with Crippen LogP contribution in [0.15, 0.2) is 0 Å². The SMILES string of the molecule is CC1CC(CN2CCOCC2C(N)=O)C1. The number of ether oxygens (including phenoxy) is 1. The molecular weight excluding hydrogens is 192 g/mol. The van der Waals surface area contributed by atoms with Gasteiger partial charge in [0.2, 0.25) is 5.91 Å². The third kappa shape index (κ3) is 2.49. The number of carbonyl (C=O) groups is 1. The van der Waals surface area contributed by atoms with Crippen LogP contribution in [0.4, 0.5) is 0 Å². The van der Waals surface area contributed by atoms with Crippen LogP contribution in [0.5, 0.6) is 0 Å². The lowest BCUT2D eigenvalue weighted by Gasteiger charge is -2.40. The van der Waals surface area contributed by atoms with Crippen molar-refractivity contribution in [2.75, 3.05) is 26.3 Å². The summed E-state index contributed by atoms with van der Waals surface area (Å²) in [5.41, 5.74) is 5.36. The lowest BCUT2D eigenvalue weighted by molar-refractivity contribution is -0.130. The molecule has 4 nitrogen and oxygen atoms in total. The molecule has 0 aromatic heterocycles. The van der Waals surface area contributed by atoms with Gasteiger partial charge in [0.1, 0.15) is 6.04 Å². The van der Waals surface area contributed by atoms with E-state index in [1.165, 1.54) is 12.8 Å². The summed E-state index contributed by atoms with van der Waals surface area (Å²) >= 11 is 0. The van der Waals surface area contributed by atoms with Gasteiger partial charge in [0.05, 0.1) is 13.2 Å². The maximum atomic E-state index is 11.2. The Morgan fingerprint density at radius 3 is 2.87 bits per heavy atom. The zero-order valence-electron chi connectivity index (χ0n) is 9.32. The number of morpholine rings is 1. The first-order valence-corrected chi connectivity index (χ1v) is 5.78. The summed E-state index contributed by atoms with van der Waals surface area (Å²) in [7, 11) is 0. The van der Waals surface area contributed by atoms with Gasteiger partial charge in [0.15, 0.2) is 0 Å². The highest BCUT2D eigenvalue weighted by Crippen LogP contribution is 2.34. The first-order chi connectivity index (χ1) is 7.16. The molecule has 0 spiro atoms. The van der Waals surface area contributed by atoms with Crippen LogP contribution in [-0.4, -0.2) is 43.2 Å². The van der Waals surface area contributed by atoms with Gasteiger partial charge in [0.25, 0.3) is 0 Å². The number of amides is 1. The van der Waals surface area contributed by atoms with E-state index >= 15 is 0 Å². The summed E-state index contributed by atoms with van der Waals surface area (Å²) in [6.07, 6.45) is 2.59. The van der Waals surface area contributed by atoms with Gasteiger partial charge in [-0.25, -0.2) is 0 Å². The van der Waals surface area contributed by atoms with Crippen LogP contribution in [0.1, 0.15) is 19.8 Å². The zero-order chi connectivity index (χ0) is 10.8. The van der Waals surface area contributed by atoms with Crippen LogP contribution >= 0.6 is 0 Å². The molecule has 2 fully saturated rings. The molecule has 0 aromatic carbocycles. The van der Waals surface area contributed by atoms with Gasteiger partial charge in [-0.15, -0.1) is 0 Å². The number of nitrogens with zero attached hydrogens (tertiary/aromatic N) is 1. The minimum Gasteiger partial charge on any atom is -0.378 e. The number of rotatable bonds is 3. The lowest BCUT2D eigenvalue weighted by Crippen LogP contribution is -2.54. The number of nitrogens with two attached hydrogens (primary N) is 1. The Balaban J connectivity index is 1.85. The number of carbonyl (C=O) groups excluding carboxylic acids is 1. The third-order valence-corrected chi connectivity index (χ3v) is 3.53. The quantitative estimate of drug-likeness (QED) is 0.728. The number of hydrogen-bond acceptors (Lipinski definition) is 3. The fourth-order valence-electron chi connectivity index (χ4n) is 2.67. The van der Waals surface area contributed by atoms with Crippen molar-refractivity contribution in [3.05, 3.63) is 0 Å². The highest BCUT2D eigenvalue weighted by molar-refractivity contribution is 5.80. The molecule has 1 heterocycles. The molecule has 0 bridgehead atoms. The smallest absolute Gasteiger partial charge is 0.237 e. The molecular formula is C11H20N2O2. The maximum absolute atomic E-state index is 11.2. The fraction of sp³-hybridized carbons (Fsp3) is 0.909. The van der Waals surface area contributed by atoms with E-state index in [9.17, 15) is 4.79 Å². The molecule has 2 N–H and O–H groups in total. The van der Waals surface area contributed by atoms with Gasteiger partial charge in [-0.2, -0.15) is 0 Å². The van der Waals surface area contributed by atoms with Crippen molar-refractivity contribution in [3.8, 4) is 0 Å². The van der Waals surface area contributed by atoms with Crippen LogP contribution in [-0.2, 0) is 9.53 Å². The van der Waals surface area contributed by atoms with Crippen molar-refractivity contribution in [1.82, 2.24) is 4.90 Å². The summed E-state index contributed by atoms with van der Waals surface area (Å²) in [6, 6.07) is -0.199. The van der Waals surface area contributed by atoms with E-state index in [2.05, 4.69) is 11.8 Å². The Morgan fingerprint density at radius 1 is 1.53 bits per heavy atom. The molecule has 1 unspecified atom stereocenters. The molecule has 15 heavy (non-hydrogen) atoms. The van der Waals surface area contributed by atoms with Crippen LogP contribution in [0, 0.1) is 11.8 Å². The second kappa shape index (κ2) is 4.49. The molecule has 1 aliphatic heterocycles. The van der Waals surface area contributed by atoms with Crippen LogP contribution < -0.4 is 5.73 Å². The molecule has 4 heteroatoms. The molecule has 1 atom stereocenters. The van der Waals surface area contributed by atoms with Crippen molar-refractivity contribution in [3.63, 3.8) is 0 Å². The van der Waals surface area contributed by atoms with E-state index in [0.29, 0.717) is 6.61 Å². The van der Waals surface area contributed by atoms with E-state index in [1.807, 2.05) is 0 Å². The molecule has 0 aromatic rings. The van der Waals surface area contributed by atoms with Crippen LogP contribution in [0.25, 0.3) is 0 Å². The Hall–Kier alpha value is -0.610. The van der Waals surface area contributed by atoms with Gasteiger partial charge in [-0.05, 0) is 24.7 Å². The Labute approximate surface area is 90.8 Å². The minimum absolute atomic E-state index is 0.199. The summed E-state index contributed by atoms with van der Waals surface area (Å²) in [5.74, 6) is 1.38. The molecule has 86 valence electrons. The standard InChI is InChI=1S/C11H20N2O2/c1-8-4-9(5-8)6-13-2-3-15-7-10(13)11(12)14/h8-10H,2-7H2,1H3,(H2,12,14). The Kier molecular flexibility index (Phi) is 3.26. The predicted octanol–water partition coefficient (Wildman–Crippen LogP) is 0.219. The van der Waals surface area contributed by atoms with Gasteiger partial charge < -0.3 is 10.5 Å². The van der Waals surface area contributed by atoms with E-state index in [4.69, 9.17) is 10.5 Å².